The van der Waals surface area contributed by atoms with Crippen molar-refractivity contribution in [2.45, 2.75) is 25.7 Å². The number of hydrogen-bond donors (Lipinski definition) is 2. The number of carbonyl (C=O) groups is 2. The van der Waals surface area contributed by atoms with Gasteiger partial charge in [0, 0.05) is 25.5 Å². The molecule has 1 aliphatic heterocycles. The summed E-state index contributed by atoms with van der Waals surface area (Å²) < 4.78 is 26.2. The summed E-state index contributed by atoms with van der Waals surface area (Å²) in [4.78, 5) is 23.5. The summed E-state index contributed by atoms with van der Waals surface area (Å²) in [7, 11) is 0. The zero-order valence-corrected chi connectivity index (χ0v) is 12.3. The van der Waals surface area contributed by atoms with Crippen molar-refractivity contribution in [2.75, 3.05) is 19.6 Å². The van der Waals surface area contributed by atoms with Crippen molar-refractivity contribution in [2.24, 2.45) is 5.92 Å². The number of benzene rings is 1. The molecule has 1 aromatic rings. The average Bonchev–Trinajstić information content (AvgIpc) is 2.98. The van der Waals surface area contributed by atoms with Crippen LogP contribution in [-0.4, -0.2) is 31.3 Å². The second-order valence-electron chi connectivity index (χ2n) is 5.54. The molecule has 1 atom stereocenters. The quantitative estimate of drug-likeness (QED) is 0.758. The Morgan fingerprint density at radius 1 is 1.27 bits per heavy atom. The number of halogens is 2. The number of rotatable bonds is 7. The van der Waals surface area contributed by atoms with Gasteiger partial charge in [-0.1, -0.05) is 0 Å². The van der Waals surface area contributed by atoms with E-state index in [0.717, 1.165) is 38.1 Å². The maximum atomic E-state index is 13.4. The lowest BCUT2D eigenvalue weighted by molar-refractivity contribution is -0.121. The highest BCUT2D eigenvalue weighted by Gasteiger charge is 2.16. The molecule has 0 aliphatic carbocycles. The van der Waals surface area contributed by atoms with E-state index in [4.69, 9.17) is 0 Å². The first-order valence-corrected chi connectivity index (χ1v) is 7.52. The molecule has 0 aromatic heterocycles. The largest absolute Gasteiger partial charge is 0.356 e. The van der Waals surface area contributed by atoms with Gasteiger partial charge in [0.05, 0.1) is 5.56 Å². The van der Waals surface area contributed by atoms with E-state index in [1.165, 1.54) is 0 Å². The lowest BCUT2D eigenvalue weighted by Crippen LogP contribution is -2.26. The number of Topliss-reactive ketones (excluding diaryl/α,β-unsaturated/α-hetero) is 1. The van der Waals surface area contributed by atoms with E-state index in [1.807, 2.05) is 0 Å². The molecule has 0 radical (unpaired) electrons. The summed E-state index contributed by atoms with van der Waals surface area (Å²) in [6, 6.07) is 2.81. The Hall–Kier alpha value is -1.82. The smallest absolute Gasteiger partial charge is 0.220 e. The SMILES string of the molecule is O=C(CCC(=O)c1ccc(F)cc1F)NCCC1CCNC1. The third-order valence-electron chi connectivity index (χ3n) is 3.85. The van der Waals surface area contributed by atoms with Gasteiger partial charge in [-0.15, -0.1) is 0 Å². The van der Waals surface area contributed by atoms with Crippen molar-refractivity contribution >= 4 is 11.7 Å². The van der Waals surface area contributed by atoms with Gasteiger partial charge < -0.3 is 10.6 Å². The molecular weight excluding hydrogens is 290 g/mol. The topological polar surface area (TPSA) is 58.2 Å². The Labute approximate surface area is 128 Å². The Balaban J connectivity index is 1.69. The fourth-order valence-corrected chi connectivity index (χ4v) is 2.54. The first-order chi connectivity index (χ1) is 10.6. The monoisotopic (exact) mass is 310 g/mol. The van der Waals surface area contributed by atoms with Crippen LogP contribution in [0.25, 0.3) is 0 Å². The number of carbonyl (C=O) groups excluding carboxylic acids is 2. The minimum Gasteiger partial charge on any atom is -0.356 e. The van der Waals surface area contributed by atoms with Crippen LogP contribution in [0, 0.1) is 17.6 Å². The van der Waals surface area contributed by atoms with Gasteiger partial charge in [0.2, 0.25) is 5.91 Å². The summed E-state index contributed by atoms with van der Waals surface area (Å²) in [6.45, 7) is 2.60. The molecule has 2 rings (SSSR count). The molecule has 1 aliphatic rings. The summed E-state index contributed by atoms with van der Waals surface area (Å²) in [5, 5.41) is 6.03. The summed E-state index contributed by atoms with van der Waals surface area (Å²) >= 11 is 0. The highest BCUT2D eigenvalue weighted by Crippen LogP contribution is 2.13. The molecule has 120 valence electrons. The van der Waals surface area contributed by atoms with Crippen LogP contribution in [0.4, 0.5) is 8.78 Å². The molecule has 22 heavy (non-hydrogen) atoms. The highest BCUT2D eigenvalue weighted by molar-refractivity contribution is 5.98. The first kappa shape index (κ1) is 16.5. The van der Waals surface area contributed by atoms with E-state index in [1.54, 1.807) is 0 Å². The second-order valence-corrected chi connectivity index (χ2v) is 5.54. The number of hydrogen-bond acceptors (Lipinski definition) is 3. The van der Waals surface area contributed by atoms with Gasteiger partial charge in [-0.25, -0.2) is 8.78 Å². The molecule has 6 heteroatoms. The molecule has 1 amide bonds. The molecule has 0 saturated carbocycles. The van der Waals surface area contributed by atoms with Gasteiger partial charge >= 0.3 is 0 Å². The first-order valence-electron chi connectivity index (χ1n) is 7.52. The molecule has 1 heterocycles. The van der Waals surface area contributed by atoms with Crippen LogP contribution >= 0.6 is 0 Å². The van der Waals surface area contributed by atoms with Crippen molar-refractivity contribution in [1.29, 1.82) is 0 Å². The highest BCUT2D eigenvalue weighted by atomic mass is 19.1. The standard InChI is InChI=1S/C16H20F2N2O2/c17-12-1-2-13(14(18)9-12)15(21)3-4-16(22)20-8-6-11-5-7-19-10-11/h1-2,9,11,19H,3-8,10H2,(H,20,22). The van der Waals surface area contributed by atoms with Crippen LogP contribution in [0.2, 0.25) is 0 Å². The predicted octanol–water partition coefficient (Wildman–Crippen LogP) is 2.04. The van der Waals surface area contributed by atoms with Crippen LogP contribution in [0.5, 0.6) is 0 Å². The van der Waals surface area contributed by atoms with E-state index in [-0.39, 0.29) is 24.3 Å². The minimum atomic E-state index is -0.890. The van der Waals surface area contributed by atoms with Crippen molar-refractivity contribution in [1.82, 2.24) is 10.6 Å². The average molecular weight is 310 g/mol. The van der Waals surface area contributed by atoms with Crippen molar-refractivity contribution in [3.8, 4) is 0 Å². The molecule has 0 spiro atoms. The minimum absolute atomic E-state index is 0.0125. The Bertz CT molecular complexity index is 543. The Morgan fingerprint density at radius 2 is 2.09 bits per heavy atom. The van der Waals surface area contributed by atoms with Gasteiger partial charge in [0.15, 0.2) is 5.78 Å². The normalized spacial score (nSPS) is 17.5. The van der Waals surface area contributed by atoms with Crippen LogP contribution in [0.15, 0.2) is 18.2 Å². The molecule has 1 unspecified atom stereocenters. The van der Waals surface area contributed by atoms with Gasteiger partial charge in [0.1, 0.15) is 11.6 Å². The van der Waals surface area contributed by atoms with Crippen LogP contribution in [-0.2, 0) is 4.79 Å². The third kappa shape index (κ3) is 4.87. The lowest BCUT2D eigenvalue weighted by Gasteiger charge is -2.09. The summed E-state index contributed by atoms with van der Waals surface area (Å²) in [6.07, 6.45) is 1.97. The van der Waals surface area contributed by atoms with E-state index >= 15 is 0 Å². The van der Waals surface area contributed by atoms with Gasteiger partial charge in [0.25, 0.3) is 0 Å². The molecule has 4 nitrogen and oxygen atoms in total. The molecule has 1 aromatic carbocycles. The molecular formula is C16H20F2N2O2. The van der Waals surface area contributed by atoms with E-state index in [0.29, 0.717) is 18.5 Å². The molecule has 1 fully saturated rings. The summed E-state index contributed by atoms with van der Waals surface area (Å²) in [5.41, 5.74) is -0.175. The maximum absolute atomic E-state index is 13.4. The predicted molar refractivity (Wildman–Crippen MR) is 78.5 cm³/mol. The lowest BCUT2D eigenvalue weighted by atomic mass is 10.0. The van der Waals surface area contributed by atoms with Crippen molar-refractivity contribution < 1.29 is 18.4 Å². The van der Waals surface area contributed by atoms with E-state index in [2.05, 4.69) is 10.6 Å². The molecule has 0 bridgehead atoms. The van der Waals surface area contributed by atoms with Crippen LogP contribution in [0.1, 0.15) is 36.0 Å². The summed E-state index contributed by atoms with van der Waals surface area (Å²) in [5.74, 6) is -1.74. The van der Waals surface area contributed by atoms with E-state index in [9.17, 15) is 18.4 Å². The second kappa shape index (κ2) is 7.98. The zero-order valence-electron chi connectivity index (χ0n) is 12.3. The fourth-order valence-electron chi connectivity index (χ4n) is 2.54. The van der Waals surface area contributed by atoms with Gasteiger partial charge in [-0.2, -0.15) is 0 Å². The number of nitrogens with one attached hydrogen (secondary N) is 2. The molecule has 2 N–H and O–H groups in total. The molecule has 1 saturated heterocycles. The van der Waals surface area contributed by atoms with Crippen LogP contribution < -0.4 is 10.6 Å². The van der Waals surface area contributed by atoms with Crippen molar-refractivity contribution in [3.05, 3.63) is 35.4 Å². The number of amides is 1. The Morgan fingerprint density at radius 3 is 2.77 bits per heavy atom. The van der Waals surface area contributed by atoms with Crippen LogP contribution in [0.3, 0.4) is 0 Å². The van der Waals surface area contributed by atoms with Gasteiger partial charge in [-0.05, 0) is 44.0 Å². The van der Waals surface area contributed by atoms with Crippen molar-refractivity contribution in [3.63, 3.8) is 0 Å². The third-order valence-corrected chi connectivity index (χ3v) is 3.85. The zero-order chi connectivity index (χ0) is 15.9. The van der Waals surface area contributed by atoms with E-state index < -0.39 is 17.4 Å². The van der Waals surface area contributed by atoms with Gasteiger partial charge in [-0.3, -0.25) is 9.59 Å². The number of ketones is 1. The Kier molecular flexibility index (Phi) is 6.00. The fraction of sp³-hybridized carbons (Fsp3) is 0.500. The maximum Gasteiger partial charge on any atom is 0.220 e.